The smallest absolute Gasteiger partial charge is 0.0599 e. The first kappa shape index (κ1) is 11.2. The van der Waals surface area contributed by atoms with E-state index in [0.717, 1.165) is 18.8 Å². The SMILES string of the molecule is Cl.Nc1ccccc1N1CCCCC1. The summed E-state index contributed by atoms with van der Waals surface area (Å²) in [5.74, 6) is 0. The van der Waals surface area contributed by atoms with E-state index in [1.807, 2.05) is 12.1 Å². The van der Waals surface area contributed by atoms with Gasteiger partial charge in [-0.25, -0.2) is 0 Å². The van der Waals surface area contributed by atoms with Crippen LogP contribution in [0.3, 0.4) is 0 Å². The van der Waals surface area contributed by atoms with E-state index in [1.165, 1.54) is 24.9 Å². The molecule has 78 valence electrons. The number of nitrogens with zero attached hydrogens (tertiary/aromatic N) is 1. The maximum absolute atomic E-state index is 5.91. The molecule has 2 nitrogen and oxygen atoms in total. The van der Waals surface area contributed by atoms with Crippen LogP contribution in [-0.2, 0) is 0 Å². The van der Waals surface area contributed by atoms with Gasteiger partial charge in [-0.2, -0.15) is 0 Å². The first-order valence-electron chi connectivity index (χ1n) is 4.97. The number of halogens is 1. The van der Waals surface area contributed by atoms with Crippen molar-refractivity contribution < 1.29 is 0 Å². The molecule has 0 unspecified atom stereocenters. The molecule has 0 bridgehead atoms. The number of nitrogens with two attached hydrogens (primary N) is 1. The number of hydrogen-bond acceptors (Lipinski definition) is 2. The van der Waals surface area contributed by atoms with Gasteiger partial charge in [0.15, 0.2) is 0 Å². The van der Waals surface area contributed by atoms with E-state index in [0.29, 0.717) is 0 Å². The van der Waals surface area contributed by atoms with Crippen LogP contribution in [0.5, 0.6) is 0 Å². The Morgan fingerprint density at radius 2 is 1.64 bits per heavy atom. The number of anilines is 2. The summed E-state index contributed by atoms with van der Waals surface area (Å²) in [6.07, 6.45) is 3.96. The molecule has 3 heteroatoms. The van der Waals surface area contributed by atoms with E-state index in [4.69, 9.17) is 5.73 Å². The highest BCUT2D eigenvalue weighted by Gasteiger charge is 2.11. The van der Waals surface area contributed by atoms with Crippen LogP contribution in [0, 0.1) is 0 Å². The van der Waals surface area contributed by atoms with E-state index < -0.39 is 0 Å². The molecule has 2 rings (SSSR count). The predicted molar refractivity (Wildman–Crippen MR) is 64.2 cm³/mol. The molecule has 0 atom stereocenters. The Labute approximate surface area is 91.5 Å². The molecule has 1 heterocycles. The number of nitrogen functional groups attached to an aromatic ring is 1. The molecule has 1 aromatic rings. The van der Waals surface area contributed by atoms with Gasteiger partial charge in [-0.05, 0) is 31.4 Å². The van der Waals surface area contributed by atoms with Crippen molar-refractivity contribution in [1.82, 2.24) is 0 Å². The Bertz CT molecular complexity index is 282. The molecule has 14 heavy (non-hydrogen) atoms. The highest BCUT2D eigenvalue weighted by atomic mass is 35.5. The average Bonchev–Trinajstić information content (AvgIpc) is 2.20. The molecular weight excluding hydrogens is 196 g/mol. The van der Waals surface area contributed by atoms with Crippen LogP contribution in [0.25, 0.3) is 0 Å². The molecule has 0 spiro atoms. The minimum Gasteiger partial charge on any atom is -0.397 e. The monoisotopic (exact) mass is 212 g/mol. The first-order chi connectivity index (χ1) is 6.38. The van der Waals surface area contributed by atoms with Crippen LogP contribution < -0.4 is 10.6 Å². The largest absolute Gasteiger partial charge is 0.397 e. The van der Waals surface area contributed by atoms with Crippen LogP contribution in [-0.4, -0.2) is 13.1 Å². The topological polar surface area (TPSA) is 29.3 Å². The third-order valence-corrected chi connectivity index (χ3v) is 2.63. The zero-order chi connectivity index (χ0) is 9.10. The Hall–Kier alpha value is -0.890. The summed E-state index contributed by atoms with van der Waals surface area (Å²) in [4.78, 5) is 2.39. The molecule has 1 fully saturated rings. The van der Waals surface area contributed by atoms with Crippen molar-refractivity contribution in [2.24, 2.45) is 0 Å². The summed E-state index contributed by atoms with van der Waals surface area (Å²) in [5.41, 5.74) is 8.03. The van der Waals surface area contributed by atoms with Gasteiger partial charge in [0.05, 0.1) is 11.4 Å². The molecule has 2 N–H and O–H groups in total. The number of piperidine rings is 1. The minimum absolute atomic E-state index is 0. The fourth-order valence-corrected chi connectivity index (χ4v) is 1.91. The third-order valence-electron chi connectivity index (χ3n) is 2.63. The van der Waals surface area contributed by atoms with Crippen LogP contribution in [0.1, 0.15) is 19.3 Å². The number of para-hydroxylation sites is 2. The highest BCUT2D eigenvalue weighted by Crippen LogP contribution is 2.25. The van der Waals surface area contributed by atoms with Crippen molar-refractivity contribution in [3.05, 3.63) is 24.3 Å². The fourth-order valence-electron chi connectivity index (χ4n) is 1.91. The Morgan fingerprint density at radius 3 is 2.29 bits per heavy atom. The maximum Gasteiger partial charge on any atom is 0.0599 e. The highest BCUT2D eigenvalue weighted by molar-refractivity contribution is 5.85. The summed E-state index contributed by atoms with van der Waals surface area (Å²) in [6, 6.07) is 8.13. The lowest BCUT2D eigenvalue weighted by molar-refractivity contribution is 0.578. The second-order valence-electron chi connectivity index (χ2n) is 3.61. The second kappa shape index (κ2) is 5.11. The summed E-state index contributed by atoms with van der Waals surface area (Å²) in [5, 5.41) is 0. The van der Waals surface area contributed by atoms with Crippen LogP contribution >= 0.6 is 12.4 Å². The van der Waals surface area contributed by atoms with Crippen molar-refractivity contribution in [2.45, 2.75) is 19.3 Å². The molecule has 1 aromatic carbocycles. The first-order valence-corrected chi connectivity index (χ1v) is 4.97. The third kappa shape index (κ3) is 2.32. The van der Waals surface area contributed by atoms with Crippen LogP contribution in [0.15, 0.2) is 24.3 Å². The molecule has 0 saturated carbocycles. The molecule has 0 radical (unpaired) electrons. The summed E-state index contributed by atoms with van der Waals surface area (Å²) in [7, 11) is 0. The summed E-state index contributed by atoms with van der Waals surface area (Å²) >= 11 is 0. The van der Waals surface area contributed by atoms with E-state index >= 15 is 0 Å². The van der Waals surface area contributed by atoms with Crippen molar-refractivity contribution >= 4 is 23.8 Å². The van der Waals surface area contributed by atoms with E-state index in [2.05, 4.69) is 17.0 Å². The molecule has 0 aromatic heterocycles. The maximum atomic E-state index is 5.91. The molecule has 1 saturated heterocycles. The van der Waals surface area contributed by atoms with E-state index in [1.54, 1.807) is 0 Å². The summed E-state index contributed by atoms with van der Waals surface area (Å²) < 4.78 is 0. The van der Waals surface area contributed by atoms with Gasteiger partial charge in [-0.3, -0.25) is 0 Å². The Kier molecular flexibility index (Phi) is 4.08. The second-order valence-corrected chi connectivity index (χ2v) is 3.61. The Balaban J connectivity index is 0.000000980. The van der Waals surface area contributed by atoms with Gasteiger partial charge in [-0.1, -0.05) is 12.1 Å². The van der Waals surface area contributed by atoms with Crippen molar-refractivity contribution in [3.63, 3.8) is 0 Å². The van der Waals surface area contributed by atoms with Gasteiger partial charge in [0.2, 0.25) is 0 Å². The quantitative estimate of drug-likeness (QED) is 0.726. The number of hydrogen-bond donors (Lipinski definition) is 1. The summed E-state index contributed by atoms with van der Waals surface area (Å²) in [6.45, 7) is 2.32. The van der Waals surface area contributed by atoms with Crippen molar-refractivity contribution in [3.8, 4) is 0 Å². The van der Waals surface area contributed by atoms with Gasteiger partial charge in [0.1, 0.15) is 0 Å². The predicted octanol–water partition coefficient (Wildman–Crippen LogP) is 2.68. The molecule has 1 aliphatic rings. The van der Waals surface area contributed by atoms with Crippen molar-refractivity contribution in [1.29, 1.82) is 0 Å². The van der Waals surface area contributed by atoms with Gasteiger partial charge in [0.25, 0.3) is 0 Å². The normalized spacial score (nSPS) is 16.1. The molecular formula is C11H17ClN2. The van der Waals surface area contributed by atoms with E-state index in [-0.39, 0.29) is 12.4 Å². The molecule has 0 aliphatic carbocycles. The molecule has 1 aliphatic heterocycles. The lowest BCUT2D eigenvalue weighted by atomic mass is 10.1. The molecule has 0 amide bonds. The van der Waals surface area contributed by atoms with Crippen molar-refractivity contribution in [2.75, 3.05) is 23.7 Å². The van der Waals surface area contributed by atoms with Crippen LogP contribution in [0.2, 0.25) is 0 Å². The van der Waals surface area contributed by atoms with Gasteiger partial charge < -0.3 is 10.6 Å². The van der Waals surface area contributed by atoms with Crippen LogP contribution in [0.4, 0.5) is 11.4 Å². The van der Waals surface area contributed by atoms with Gasteiger partial charge in [-0.15, -0.1) is 12.4 Å². The van der Waals surface area contributed by atoms with Gasteiger partial charge >= 0.3 is 0 Å². The zero-order valence-corrected chi connectivity index (χ0v) is 9.09. The standard InChI is InChI=1S/C11H16N2.ClH/c12-10-6-2-3-7-11(10)13-8-4-1-5-9-13;/h2-3,6-7H,1,4-5,8-9,12H2;1H. The fraction of sp³-hybridized carbons (Fsp3) is 0.455. The Morgan fingerprint density at radius 1 is 1.00 bits per heavy atom. The zero-order valence-electron chi connectivity index (χ0n) is 8.28. The number of rotatable bonds is 1. The lowest BCUT2D eigenvalue weighted by Gasteiger charge is -2.29. The minimum atomic E-state index is 0. The van der Waals surface area contributed by atoms with E-state index in [9.17, 15) is 0 Å². The average molecular weight is 213 g/mol. The van der Waals surface area contributed by atoms with Gasteiger partial charge in [0, 0.05) is 13.1 Å². The lowest BCUT2D eigenvalue weighted by Crippen LogP contribution is -2.29. The number of benzene rings is 1.